The van der Waals surface area contributed by atoms with Crippen molar-refractivity contribution in [3.8, 4) is 0 Å². The van der Waals surface area contributed by atoms with Crippen LogP contribution in [-0.4, -0.2) is 73.4 Å². The Bertz CT molecular complexity index is 1150. The third-order valence-electron chi connectivity index (χ3n) is 14.5. The molecule has 1 amide bonds. The molecule has 0 radical (unpaired) electrons. The topological polar surface area (TPSA) is 105 Å². The van der Waals surface area contributed by atoms with Crippen molar-refractivity contribution in [2.45, 2.75) is 334 Å². The lowest BCUT2D eigenvalue weighted by molar-refractivity contribution is -0.870. The molecule has 0 saturated carbocycles. The van der Waals surface area contributed by atoms with Crippen molar-refractivity contribution in [3.05, 3.63) is 12.2 Å². The second kappa shape index (κ2) is 53.1. The highest BCUT2D eigenvalue weighted by atomic mass is 31.2. The Morgan fingerprint density at radius 2 is 0.757 bits per heavy atom. The number of quaternary nitrogens is 1. The lowest BCUT2D eigenvalue weighted by atomic mass is 10.0. The van der Waals surface area contributed by atoms with Crippen molar-refractivity contribution in [3.63, 3.8) is 0 Å². The lowest BCUT2D eigenvalue weighted by Gasteiger charge is -2.25. The molecule has 3 N–H and O–H groups in total. The number of phosphoric acid groups is 1. The molecule has 3 atom stereocenters. The first-order chi connectivity index (χ1) is 34.0. The molecule has 0 aliphatic rings. The highest BCUT2D eigenvalue weighted by Gasteiger charge is 2.27. The fraction of sp³-hybridized carbons (Fsp3) is 0.951. The Morgan fingerprint density at radius 3 is 1.06 bits per heavy atom. The van der Waals surface area contributed by atoms with Gasteiger partial charge in [0.2, 0.25) is 5.91 Å². The average molecular weight is 1010 g/mol. The first-order valence-corrected chi connectivity index (χ1v) is 32.6. The first-order valence-electron chi connectivity index (χ1n) is 31.1. The van der Waals surface area contributed by atoms with Gasteiger partial charge in [0.1, 0.15) is 13.2 Å². The van der Waals surface area contributed by atoms with E-state index in [2.05, 4.69) is 19.2 Å². The SMILES string of the molecule is CCCCCCCCCCCCCC/C=C/C(O)C(COP(=O)(O)OCC[N+](C)(C)C)NC(=O)CCCCCCCCCCCCCCCCCCCCCCCCCCCCCCCCCCCC. The van der Waals surface area contributed by atoms with Gasteiger partial charge >= 0.3 is 7.82 Å². The summed E-state index contributed by atoms with van der Waals surface area (Å²) in [6.45, 7) is 4.86. The molecule has 70 heavy (non-hydrogen) atoms. The molecule has 0 aliphatic heterocycles. The van der Waals surface area contributed by atoms with E-state index in [1.807, 2.05) is 27.2 Å². The minimum Gasteiger partial charge on any atom is -0.387 e. The second-order valence-corrected chi connectivity index (χ2v) is 24.3. The van der Waals surface area contributed by atoms with Crippen LogP contribution in [0.2, 0.25) is 0 Å². The zero-order valence-corrected chi connectivity index (χ0v) is 48.7. The van der Waals surface area contributed by atoms with Gasteiger partial charge in [-0.3, -0.25) is 13.8 Å². The van der Waals surface area contributed by atoms with Gasteiger partial charge in [0.25, 0.3) is 0 Å². The molecule has 0 aromatic rings. The van der Waals surface area contributed by atoms with E-state index in [0.717, 1.165) is 38.5 Å². The van der Waals surface area contributed by atoms with Gasteiger partial charge in [0, 0.05) is 6.42 Å². The maximum Gasteiger partial charge on any atom is 0.472 e. The van der Waals surface area contributed by atoms with Crippen molar-refractivity contribution in [2.24, 2.45) is 0 Å². The number of aliphatic hydroxyl groups is 1. The van der Waals surface area contributed by atoms with Gasteiger partial charge in [-0.15, -0.1) is 0 Å². The van der Waals surface area contributed by atoms with Crippen molar-refractivity contribution in [1.82, 2.24) is 5.32 Å². The van der Waals surface area contributed by atoms with Crippen molar-refractivity contribution in [2.75, 3.05) is 40.9 Å². The van der Waals surface area contributed by atoms with Crippen molar-refractivity contribution < 1.29 is 32.9 Å². The van der Waals surface area contributed by atoms with Gasteiger partial charge in [-0.05, 0) is 19.3 Å². The number of nitrogens with zero attached hydrogens (tertiary/aromatic N) is 1. The molecule has 3 unspecified atom stereocenters. The van der Waals surface area contributed by atoms with Crippen LogP contribution in [0.1, 0.15) is 322 Å². The van der Waals surface area contributed by atoms with Crippen LogP contribution in [0, 0.1) is 0 Å². The van der Waals surface area contributed by atoms with Crippen molar-refractivity contribution >= 4 is 13.7 Å². The smallest absolute Gasteiger partial charge is 0.387 e. The summed E-state index contributed by atoms with van der Waals surface area (Å²) < 4.78 is 23.7. The van der Waals surface area contributed by atoms with Gasteiger partial charge in [0.05, 0.1) is 39.9 Å². The van der Waals surface area contributed by atoms with E-state index >= 15 is 0 Å². The summed E-state index contributed by atoms with van der Waals surface area (Å²) >= 11 is 0. The largest absolute Gasteiger partial charge is 0.472 e. The Hall–Kier alpha value is -0.760. The van der Waals surface area contributed by atoms with E-state index in [9.17, 15) is 19.4 Å². The van der Waals surface area contributed by atoms with Gasteiger partial charge in [0.15, 0.2) is 0 Å². The van der Waals surface area contributed by atoms with Gasteiger partial charge in [-0.2, -0.15) is 0 Å². The Kier molecular flexibility index (Phi) is 52.5. The van der Waals surface area contributed by atoms with E-state index < -0.39 is 20.0 Å². The Morgan fingerprint density at radius 1 is 0.471 bits per heavy atom. The zero-order chi connectivity index (χ0) is 51.3. The van der Waals surface area contributed by atoms with Gasteiger partial charge in [-0.25, -0.2) is 4.57 Å². The summed E-state index contributed by atoms with van der Waals surface area (Å²) in [6.07, 6.45) is 66.3. The number of phosphoric ester groups is 1. The summed E-state index contributed by atoms with van der Waals surface area (Å²) in [5, 5.41) is 13.9. The van der Waals surface area contributed by atoms with Crippen LogP contribution < -0.4 is 5.32 Å². The number of aliphatic hydroxyl groups excluding tert-OH is 1. The number of amides is 1. The Labute approximate surface area is 437 Å². The fourth-order valence-electron chi connectivity index (χ4n) is 9.63. The highest BCUT2D eigenvalue weighted by molar-refractivity contribution is 7.47. The van der Waals surface area contributed by atoms with E-state index in [1.54, 1.807) is 6.08 Å². The van der Waals surface area contributed by atoms with E-state index in [0.29, 0.717) is 17.4 Å². The molecule has 0 rings (SSSR count). The third kappa shape index (κ3) is 55.0. The van der Waals surface area contributed by atoms with Crippen LogP contribution in [-0.2, 0) is 18.4 Å². The van der Waals surface area contributed by atoms with Gasteiger partial charge < -0.3 is 19.8 Å². The normalized spacial score (nSPS) is 13.9. The molecule has 418 valence electrons. The first kappa shape index (κ1) is 69.2. The van der Waals surface area contributed by atoms with E-state index in [1.165, 1.54) is 263 Å². The summed E-state index contributed by atoms with van der Waals surface area (Å²) in [6, 6.07) is -0.841. The molecule has 0 aliphatic carbocycles. The number of carbonyl (C=O) groups excluding carboxylic acids is 1. The van der Waals surface area contributed by atoms with Crippen LogP contribution in [0.15, 0.2) is 12.2 Å². The Balaban J connectivity index is 3.93. The number of unbranched alkanes of at least 4 members (excludes halogenated alkanes) is 45. The standard InChI is InChI=1S/C61H123N2O6P/c1-6-8-10-12-14-16-18-20-22-23-24-25-26-27-28-29-30-31-32-33-34-35-36-37-38-39-40-41-43-45-47-49-51-53-55-61(65)62-59(58-69-70(66,67)68-57-56-63(3,4)5)60(64)54-52-50-48-46-44-42-21-19-17-15-13-11-9-7-2/h52,54,59-60,64H,6-51,53,55-58H2,1-5H3,(H-,62,65,66,67)/p+1/b54-52+. The van der Waals surface area contributed by atoms with Crippen LogP contribution in [0.3, 0.4) is 0 Å². The minimum absolute atomic E-state index is 0.0650. The van der Waals surface area contributed by atoms with E-state index in [-0.39, 0.29) is 19.1 Å². The number of allylic oxidation sites excluding steroid dienone is 1. The maximum absolute atomic E-state index is 13.0. The van der Waals surface area contributed by atoms with E-state index in [4.69, 9.17) is 9.05 Å². The third-order valence-corrected chi connectivity index (χ3v) is 15.5. The molecule has 0 aromatic heterocycles. The lowest BCUT2D eigenvalue weighted by Crippen LogP contribution is -2.45. The maximum atomic E-state index is 13.0. The average Bonchev–Trinajstić information content (AvgIpc) is 3.32. The molecule has 0 spiro atoms. The summed E-state index contributed by atoms with van der Waals surface area (Å²) in [7, 11) is 1.59. The molecule has 0 fully saturated rings. The molecule has 0 bridgehead atoms. The molecular formula is C61H124N2O6P+. The number of hydrogen-bond acceptors (Lipinski definition) is 5. The van der Waals surface area contributed by atoms with Crippen LogP contribution in [0.25, 0.3) is 0 Å². The van der Waals surface area contributed by atoms with Crippen LogP contribution in [0.4, 0.5) is 0 Å². The molecule has 0 heterocycles. The zero-order valence-electron chi connectivity index (χ0n) is 47.8. The number of likely N-dealkylation sites (N-methyl/N-ethyl adjacent to an activating group) is 1. The molecule has 9 heteroatoms. The molecular weight excluding hydrogens is 888 g/mol. The fourth-order valence-corrected chi connectivity index (χ4v) is 10.4. The summed E-state index contributed by atoms with van der Waals surface area (Å²) in [5.74, 6) is -0.170. The quantitative estimate of drug-likeness (QED) is 0.0243. The second-order valence-electron chi connectivity index (χ2n) is 22.8. The summed E-state index contributed by atoms with van der Waals surface area (Å²) in [4.78, 5) is 23.3. The van der Waals surface area contributed by atoms with Crippen LogP contribution >= 0.6 is 7.82 Å². The number of hydrogen-bond donors (Lipinski definition) is 3. The molecule has 8 nitrogen and oxygen atoms in total. The van der Waals surface area contributed by atoms with Crippen molar-refractivity contribution in [1.29, 1.82) is 0 Å². The van der Waals surface area contributed by atoms with Crippen LogP contribution in [0.5, 0.6) is 0 Å². The molecule has 0 aromatic carbocycles. The monoisotopic (exact) mass is 1010 g/mol. The number of rotatable bonds is 58. The molecule has 0 saturated heterocycles. The minimum atomic E-state index is -4.34. The predicted molar refractivity (Wildman–Crippen MR) is 305 cm³/mol. The summed E-state index contributed by atoms with van der Waals surface area (Å²) in [5.41, 5.74) is 0. The van der Waals surface area contributed by atoms with Gasteiger partial charge in [-0.1, -0.05) is 309 Å². The number of nitrogens with one attached hydrogen (secondary N) is 1. The predicted octanol–water partition coefficient (Wildman–Crippen LogP) is 19.0. The number of carbonyl (C=O) groups is 1. The highest BCUT2D eigenvalue weighted by Crippen LogP contribution is 2.43.